The highest BCUT2D eigenvalue weighted by molar-refractivity contribution is 7.84. The van der Waals surface area contributed by atoms with Crippen LogP contribution in [0.4, 0.5) is 15.8 Å². The van der Waals surface area contributed by atoms with Crippen LogP contribution in [0.2, 0.25) is 0 Å². The third-order valence-electron chi connectivity index (χ3n) is 2.61. The van der Waals surface area contributed by atoms with Crippen LogP contribution in [0.15, 0.2) is 12.1 Å². The van der Waals surface area contributed by atoms with E-state index in [0.29, 0.717) is 24.8 Å². The minimum Gasteiger partial charge on any atom is -0.465 e. The zero-order valence-electron chi connectivity index (χ0n) is 11.6. The van der Waals surface area contributed by atoms with Crippen molar-refractivity contribution in [3.8, 4) is 0 Å². The topological polar surface area (TPSA) is 98.5 Å². The average molecular weight is 318 g/mol. The van der Waals surface area contributed by atoms with Gasteiger partial charge in [-0.15, -0.1) is 0 Å². The van der Waals surface area contributed by atoms with E-state index in [-0.39, 0.29) is 11.3 Å². The molecule has 0 spiro atoms. The molecule has 0 heterocycles. The first kappa shape index (κ1) is 17.0. The summed E-state index contributed by atoms with van der Waals surface area (Å²) in [6, 6.07) is 1.72. The number of nitro benzene ring substituents is 1. The van der Waals surface area contributed by atoms with Gasteiger partial charge in [0, 0.05) is 29.4 Å². The second-order valence-corrected chi connectivity index (χ2v) is 5.71. The number of carbonyl (C=O) groups excluding carboxylic acids is 1. The van der Waals surface area contributed by atoms with E-state index in [4.69, 9.17) is 0 Å². The Kier molecular flexibility index (Phi) is 6.22. The maximum absolute atomic E-state index is 13.6. The molecule has 1 atom stereocenters. The fourth-order valence-corrected chi connectivity index (χ4v) is 2.17. The van der Waals surface area contributed by atoms with Crippen LogP contribution in [0.5, 0.6) is 0 Å². The van der Waals surface area contributed by atoms with Crippen LogP contribution in [0.1, 0.15) is 16.8 Å². The van der Waals surface area contributed by atoms with Crippen LogP contribution in [0, 0.1) is 15.9 Å². The predicted molar refractivity (Wildman–Crippen MR) is 76.4 cm³/mol. The van der Waals surface area contributed by atoms with Gasteiger partial charge in [-0.1, -0.05) is 0 Å². The first-order valence-corrected chi connectivity index (χ1v) is 7.69. The van der Waals surface area contributed by atoms with Crippen molar-refractivity contribution in [3.63, 3.8) is 0 Å². The van der Waals surface area contributed by atoms with Crippen molar-refractivity contribution in [2.75, 3.05) is 31.0 Å². The molecule has 0 radical (unpaired) electrons. The number of methoxy groups -OCH3 is 1. The lowest BCUT2D eigenvalue weighted by atomic mass is 10.1. The molecule has 0 saturated heterocycles. The zero-order chi connectivity index (χ0) is 16.0. The van der Waals surface area contributed by atoms with Crippen molar-refractivity contribution in [2.45, 2.75) is 6.42 Å². The molecule has 0 aromatic heterocycles. The van der Waals surface area contributed by atoms with E-state index in [9.17, 15) is 23.5 Å². The second kappa shape index (κ2) is 7.67. The van der Waals surface area contributed by atoms with Gasteiger partial charge in [-0.05, 0) is 12.5 Å². The number of hydrogen-bond acceptors (Lipinski definition) is 6. The number of rotatable bonds is 7. The first-order valence-electron chi connectivity index (χ1n) is 5.97. The number of nitrogens with one attached hydrogen (secondary N) is 1. The van der Waals surface area contributed by atoms with E-state index >= 15 is 0 Å². The lowest BCUT2D eigenvalue weighted by Crippen LogP contribution is -2.11. The third-order valence-corrected chi connectivity index (χ3v) is 3.47. The third kappa shape index (κ3) is 4.78. The van der Waals surface area contributed by atoms with Crippen molar-refractivity contribution in [3.05, 3.63) is 33.6 Å². The van der Waals surface area contributed by atoms with Crippen LogP contribution in [0.3, 0.4) is 0 Å². The Hall–Kier alpha value is -2.03. The molecule has 0 aliphatic carbocycles. The van der Waals surface area contributed by atoms with E-state index in [1.165, 1.54) is 0 Å². The van der Waals surface area contributed by atoms with Gasteiger partial charge in [-0.25, -0.2) is 9.18 Å². The molecule has 0 fully saturated rings. The summed E-state index contributed by atoms with van der Waals surface area (Å²) in [6.45, 7) is 0.312. The number of halogens is 1. The van der Waals surface area contributed by atoms with Crippen LogP contribution in [0.25, 0.3) is 0 Å². The molecule has 1 aromatic rings. The number of nitrogens with zero attached hydrogens (tertiary/aromatic N) is 1. The van der Waals surface area contributed by atoms with Crippen molar-refractivity contribution in [1.29, 1.82) is 0 Å². The highest BCUT2D eigenvalue weighted by Gasteiger charge is 2.22. The summed E-state index contributed by atoms with van der Waals surface area (Å²) in [6.07, 6.45) is 2.07. The number of anilines is 1. The Morgan fingerprint density at radius 1 is 1.52 bits per heavy atom. The number of carbonyl (C=O) groups is 1. The van der Waals surface area contributed by atoms with E-state index in [1.807, 2.05) is 0 Å². The molecule has 21 heavy (non-hydrogen) atoms. The second-order valence-electron chi connectivity index (χ2n) is 4.16. The maximum atomic E-state index is 13.6. The van der Waals surface area contributed by atoms with Gasteiger partial charge in [0.05, 0.1) is 23.7 Å². The van der Waals surface area contributed by atoms with Gasteiger partial charge in [0.25, 0.3) is 5.69 Å². The Balaban J connectivity index is 3.00. The fourth-order valence-electron chi connectivity index (χ4n) is 1.62. The molecule has 0 saturated carbocycles. The van der Waals surface area contributed by atoms with Gasteiger partial charge >= 0.3 is 5.97 Å². The summed E-state index contributed by atoms with van der Waals surface area (Å²) < 4.78 is 29.0. The van der Waals surface area contributed by atoms with Crippen LogP contribution < -0.4 is 5.32 Å². The van der Waals surface area contributed by atoms with E-state index in [2.05, 4.69) is 10.1 Å². The van der Waals surface area contributed by atoms with Gasteiger partial charge in [0.2, 0.25) is 0 Å². The monoisotopic (exact) mass is 318 g/mol. The van der Waals surface area contributed by atoms with E-state index in [1.54, 1.807) is 6.26 Å². The molecule has 0 aliphatic rings. The predicted octanol–water partition coefficient (Wildman–Crippen LogP) is 1.70. The average Bonchev–Trinajstić information content (AvgIpc) is 2.43. The van der Waals surface area contributed by atoms with E-state index < -0.39 is 33.2 Å². The molecular weight excluding hydrogens is 303 g/mol. The lowest BCUT2D eigenvalue weighted by molar-refractivity contribution is -0.384. The summed E-state index contributed by atoms with van der Waals surface area (Å²) in [5.41, 5.74) is -0.842. The molecule has 116 valence electrons. The van der Waals surface area contributed by atoms with Crippen LogP contribution in [-0.4, -0.2) is 40.8 Å². The number of benzene rings is 1. The summed E-state index contributed by atoms with van der Waals surface area (Å²) in [5.74, 6) is -1.50. The lowest BCUT2D eigenvalue weighted by Gasteiger charge is -2.09. The molecular formula is C12H15FN2O5S. The van der Waals surface area contributed by atoms with Crippen LogP contribution in [-0.2, 0) is 15.5 Å². The van der Waals surface area contributed by atoms with Gasteiger partial charge < -0.3 is 10.1 Å². The van der Waals surface area contributed by atoms with Crippen molar-refractivity contribution in [1.82, 2.24) is 0 Å². The summed E-state index contributed by atoms with van der Waals surface area (Å²) >= 11 is 0. The Morgan fingerprint density at radius 2 is 2.19 bits per heavy atom. The molecule has 0 amide bonds. The van der Waals surface area contributed by atoms with E-state index in [0.717, 1.165) is 13.2 Å². The van der Waals surface area contributed by atoms with Gasteiger partial charge in [-0.2, -0.15) is 0 Å². The SMILES string of the molecule is COC(=O)c1cc(NCCCS(C)=O)c([N+](=O)[O-])cc1F. The summed E-state index contributed by atoms with van der Waals surface area (Å²) in [4.78, 5) is 21.5. The first-order chi connectivity index (χ1) is 9.86. The molecule has 9 heteroatoms. The minimum absolute atomic E-state index is 0.0173. The summed E-state index contributed by atoms with van der Waals surface area (Å²) in [5, 5.41) is 13.6. The standard InChI is InChI=1S/C12H15FN2O5S/c1-20-12(16)8-6-10(14-4-3-5-21(2)19)11(15(17)18)7-9(8)13/h6-7,14H,3-5H2,1-2H3. The molecule has 0 aliphatic heterocycles. The molecule has 0 bridgehead atoms. The Bertz CT molecular complexity index is 579. The van der Waals surface area contributed by atoms with Crippen molar-refractivity contribution in [2.24, 2.45) is 0 Å². The van der Waals surface area contributed by atoms with Crippen molar-refractivity contribution < 1.29 is 23.1 Å². The molecule has 1 unspecified atom stereocenters. The van der Waals surface area contributed by atoms with Gasteiger partial charge in [-0.3, -0.25) is 14.3 Å². The van der Waals surface area contributed by atoms with Gasteiger partial charge in [0.15, 0.2) is 0 Å². The Labute approximate surface area is 123 Å². The number of nitro groups is 1. The molecule has 1 rings (SSSR count). The number of ether oxygens (including phenoxy) is 1. The Morgan fingerprint density at radius 3 is 2.71 bits per heavy atom. The molecule has 7 nitrogen and oxygen atoms in total. The summed E-state index contributed by atoms with van der Waals surface area (Å²) in [7, 11) is 0.128. The largest absolute Gasteiger partial charge is 0.465 e. The van der Waals surface area contributed by atoms with Crippen molar-refractivity contribution >= 4 is 28.1 Å². The minimum atomic E-state index is -1.02. The number of hydrogen-bond donors (Lipinski definition) is 1. The molecule has 1 aromatic carbocycles. The van der Waals surface area contributed by atoms with Crippen LogP contribution >= 0.6 is 0 Å². The number of esters is 1. The quantitative estimate of drug-likeness (QED) is 0.355. The van der Waals surface area contributed by atoms with Gasteiger partial charge in [0.1, 0.15) is 11.5 Å². The highest BCUT2D eigenvalue weighted by Crippen LogP contribution is 2.28. The normalized spacial score (nSPS) is 11.8. The highest BCUT2D eigenvalue weighted by atomic mass is 32.2. The fraction of sp³-hybridized carbons (Fsp3) is 0.417. The smallest absolute Gasteiger partial charge is 0.340 e. The zero-order valence-corrected chi connectivity index (χ0v) is 12.4. The maximum Gasteiger partial charge on any atom is 0.340 e. The molecule has 1 N–H and O–H groups in total.